The first-order valence-corrected chi connectivity index (χ1v) is 17.9. The molecule has 0 bridgehead atoms. The maximum absolute atomic E-state index is 11.6. The molecule has 0 aromatic heterocycles. The van der Waals surface area contributed by atoms with Crippen LogP contribution in [0, 0.1) is 34.1 Å². The molecule has 0 radical (unpaired) electrons. The van der Waals surface area contributed by atoms with Crippen LogP contribution in [0.15, 0.2) is 127 Å². The summed E-state index contributed by atoms with van der Waals surface area (Å²) in [5, 5.41) is 58.5. The van der Waals surface area contributed by atoms with Gasteiger partial charge in [0.2, 0.25) is 0 Å². The molecule has 0 fully saturated rings. The van der Waals surface area contributed by atoms with Crippen molar-refractivity contribution in [3.63, 3.8) is 0 Å². The summed E-state index contributed by atoms with van der Waals surface area (Å²) in [7, 11) is -9.70. The molecule has 18 nitrogen and oxygen atoms in total. The van der Waals surface area contributed by atoms with Crippen molar-refractivity contribution in [2.45, 2.75) is 23.6 Å². The van der Waals surface area contributed by atoms with Crippen molar-refractivity contribution in [2.24, 2.45) is 20.5 Å². The molecule has 0 unspecified atom stereocenters. The second-order valence-corrected chi connectivity index (χ2v) is 14.0. The maximum Gasteiger partial charge on any atom is 2.00 e. The quantitative estimate of drug-likeness (QED) is 0.0489. The van der Waals surface area contributed by atoms with Gasteiger partial charge in [-0.15, -0.1) is 20.5 Å². The molecule has 2 N–H and O–H groups in total. The van der Waals surface area contributed by atoms with Gasteiger partial charge in [0.05, 0.1) is 19.6 Å². The zero-order valence-corrected chi connectivity index (χ0v) is 32.3. The molecule has 6 rings (SSSR count). The third-order valence-corrected chi connectivity index (χ3v) is 9.53. The molecule has 0 amide bonds. The molecule has 0 aliphatic rings. The molecule has 0 heterocycles. The Bertz CT molecular complexity index is 2610. The van der Waals surface area contributed by atoms with Crippen LogP contribution in [0.1, 0.15) is 11.1 Å². The second kappa shape index (κ2) is 16.9. The van der Waals surface area contributed by atoms with Gasteiger partial charge in [-0.3, -0.25) is 20.2 Å². The molecule has 0 aliphatic heterocycles. The van der Waals surface area contributed by atoms with Gasteiger partial charge >= 0.3 is 37.7 Å². The molecule has 0 aliphatic carbocycles. The Balaban J connectivity index is 0.000000240. The number of aryl methyl sites for hydroxylation is 2. The molecular formula is C34H24CaN6O12S2. The average molecular weight is 813 g/mol. The summed E-state index contributed by atoms with van der Waals surface area (Å²) in [5.41, 5.74) is -0.479. The fraction of sp³-hybridized carbons (Fsp3) is 0.0588. The van der Waals surface area contributed by atoms with Crippen LogP contribution in [0.3, 0.4) is 0 Å². The van der Waals surface area contributed by atoms with Gasteiger partial charge in [-0.05, 0) is 61.0 Å². The number of hydrogen-bond donors (Lipinski definition) is 2. The van der Waals surface area contributed by atoms with Crippen LogP contribution < -0.4 is 0 Å². The van der Waals surface area contributed by atoms with Gasteiger partial charge in [0, 0.05) is 21.9 Å². The van der Waals surface area contributed by atoms with E-state index in [-0.39, 0.29) is 82.6 Å². The van der Waals surface area contributed by atoms with E-state index >= 15 is 0 Å². The fourth-order valence-corrected chi connectivity index (χ4v) is 6.80. The fourth-order valence-electron chi connectivity index (χ4n) is 5.38. The van der Waals surface area contributed by atoms with E-state index in [0.717, 1.165) is 12.1 Å². The van der Waals surface area contributed by atoms with Crippen LogP contribution >= 0.6 is 0 Å². The zero-order valence-electron chi connectivity index (χ0n) is 28.4. The third kappa shape index (κ3) is 9.25. The molecule has 0 spiro atoms. The van der Waals surface area contributed by atoms with Crippen LogP contribution in [0.5, 0.6) is 11.5 Å². The molecule has 21 heteroatoms. The Morgan fingerprint density at radius 3 is 1.20 bits per heavy atom. The summed E-state index contributed by atoms with van der Waals surface area (Å²) in [6.45, 7) is 3.07. The van der Waals surface area contributed by atoms with Crippen molar-refractivity contribution in [1.29, 1.82) is 0 Å². The minimum atomic E-state index is -4.85. The number of rotatable bonds is 8. The van der Waals surface area contributed by atoms with Gasteiger partial charge in [0.15, 0.2) is 11.4 Å². The number of hydrogen-bond acceptors (Lipinski definition) is 16. The summed E-state index contributed by atoms with van der Waals surface area (Å²) in [6.07, 6.45) is 0. The van der Waals surface area contributed by atoms with E-state index in [0.29, 0.717) is 21.9 Å². The number of nitro benzene ring substituents is 2. The molecular weight excluding hydrogens is 789 g/mol. The Morgan fingerprint density at radius 1 is 0.527 bits per heavy atom. The summed E-state index contributed by atoms with van der Waals surface area (Å²) < 4.78 is 69.4. The zero-order chi connectivity index (χ0) is 39.5. The van der Waals surface area contributed by atoms with E-state index in [1.54, 1.807) is 12.1 Å². The second-order valence-electron chi connectivity index (χ2n) is 11.3. The number of benzene rings is 6. The Labute approximate surface area is 341 Å². The van der Waals surface area contributed by atoms with Gasteiger partial charge in [-0.2, -0.15) is 0 Å². The van der Waals surface area contributed by atoms with Crippen LogP contribution in [0.4, 0.5) is 34.1 Å². The van der Waals surface area contributed by atoms with Crippen LogP contribution in [-0.4, -0.2) is 83.7 Å². The van der Waals surface area contributed by atoms with Crippen LogP contribution in [-0.2, 0) is 20.2 Å². The number of phenols is 2. The molecule has 6 aromatic rings. The molecule has 0 saturated heterocycles. The topological polar surface area (TPSA) is 291 Å². The van der Waals surface area contributed by atoms with Crippen molar-refractivity contribution in [3.8, 4) is 11.5 Å². The van der Waals surface area contributed by atoms with E-state index in [1.807, 2.05) is 0 Å². The largest absolute Gasteiger partial charge is 2.00 e. The van der Waals surface area contributed by atoms with Gasteiger partial charge in [0.25, 0.3) is 11.4 Å². The van der Waals surface area contributed by atoms with E-state index in [1.165, 1.54) is 86.6 Å². The first kappa shape index (κ1) is 42.3. The van der Waals surface area contributed by atoms with Crippen molar-refractivity contribution in [2.75, 3.05) is 0 Å². The first-order valence-electron chi connectivity index (χ1n) is 15.1. The van der Waals surface area contributed by atoms with Crippen LogP contribution in [0.2, 0.25) is 0 Å². The Morgan fingerprint density at radius 2 is 0.873 bits per heavy atom. The minimum Gasteiger partial charge on any atom is -0.744 e. The van der Waals surface area contributed by atoms with Crippen molar-refractivity contribution < 1.29 is 46.0 Å². The monoisotopic (exact) mass is 812 g/mol. The van der Waals surface area contributed by atoms with E-state index in [2.05, 4.69) is 20.5 Å². The minimum absolute atomic E-state index is 0. The van der Waals surface area contributed by atoms with Crippen molar-refractivity contribution in [1.82, 2.24) is 0 Å². The number of nitrogens with zero attached hydrogens (tertiary/aromatic N) is 6. The first-order chi connectivity index (χ1) is 25.4. The summed E-state index contributed by atoms with van der Waals surface area (Å²) in [6, 6.07) is 22.3. The predicted molar refractivity (Wildman–Crippen MR) is 197 cm³/mol. The van der Waals surface area contributed by atoms with Crippen molar-refractivity contribution in [3.05, 3.63) is 128 Å². The molecule has 0 saturated carbocycles. The maximum atomic E-state index is 11.6. The van der Waals surface area contributed by atoms with Gasteiger partial charge in [-0.1, -0.05) is 60.7 Å². The Kier molecular flexibility index (Phi) is 13.0. The van der Waals surface area contributed by atoms with E-state index < -0.39 is 51.4 Å². The molecule has 6 aromatic carbocycles. The normalized spacial score (nSPS) is 11.7. The smallest absolute Gasteiger partial charge is 0.744 e. The summed E-state index contributed by atoms with van der Waals surface area (Å²) in [4.78, 5) is 20.2. The Hall–Kier alpha value is -5.48. The standard InChI is InChI=1S/2C17H13N3O6S.Ca/c2*1-10-4-2-6-12(17(10)20(22)23)18-19-16-13(21)9-8-11-5-3-7-14(15(11)16)27(24,25)26;/h2*2-9,21H,1H3,(H,24,25,26);/q;;+2/p-2. The number of nitro groups is 2. The number of phenolic OH excluding ortho intramolecular Hbond substituents is 2. The molecule has 276 valence electrons. The van der Waals surface area contributed by atoms with Crippen LogP contribution in [0.25, 0.3) is 21.5 Å². The SMILES string of the molecule is Cc1cccc(N=Nc2c(O)ccc3cccc(S(=O)(=O)[O-])c23)c1[N+](=O)[O-].Cc1cccc(N=Nc2c(O)ccc3cccc(S(=O)(=O)[O-])c23)c1[N+](=O)[O-].[Ca+2]. The third-order valence-electron chi connectivity index (χ3n) is 7.77. The molecule has 55 heavy (non-hydrogen) atoms. The number of para-hydroxylation sites is 2. The summed E-state index contributed by atoms with van der Waals surface area (Å²) >= 11 is 0. The predicted octanol–water partition coefficient (Wildman–Crippen LogP) is 7.78. The number of azo groups is 2. The summed E-state index contributed by atoms with van der Waals surface area (Å²) in [5.74, 6) is -0.838. The molecule has 0 atom stereocenters. The van der Waals surface area contributed by atoms with Gasteiger partial charge in [0.1, 0.15) is 43.1 Å². The number of fused-ring (bicyclic) bond motifs is 2. The van der Waals surface area contributed by atoms with Gasteiger partial charge in [-0.25, -0.2) is 16.8 Å². The van der Waals surface area contributed by atoms with E-state index in [9.17, 15) is 56.4 Å². The number of aromatic hydroxyl groups is 2. The van der Waals surface area contributed by atoms with E-state index in [4.69, 9.17) is 0 Å². The van der Waals surface area contributed by atoms with Gasteiger partial charge < -0.3 is 19.3 Å². The average Bonchev–Trinajstić information content (AvgIpc) is 3.09. The van der Waals surface area contributed by atoms with Crippen molar-refractivity contribution >= 4 is 114 Å².